The second-order valence-electron chi connectivity index (χ2n) is 8.96. The van der Waals surface area contributed by atoms with E-state index in [1.165, 1.54) is 0 Å². The fourth-order valence-electron chi connectivity index (χ4n) is 3.70. The maximum atomic E-state index is 13.6. The van der Waals surface area contributed by atoms with Gasteiger partial charge in [0.1, 0.15) is 17.5 Å². The molecule has 0 spiro atoms. The summed E-state index contributed by atoms with van der Waals surface area (Å²) in [7, 11) is 1.60. The van der Waals surface area contributed by atoms with Gasteiger partial charge < -0.3 is 19.7 Å². The van der Waals surface area contributed by atoms with Gasteiger partial charge in [-0.25, -0.2) is 0 Å². The van der Waals surface area contributed by atoms with Crippen molar-refractivity contribution in [1.82, 2.24) is 10.2 Å². The van der Waals surface area contributed by atoms with Gasteiger partial charge in [-0.3, -0.25) is 9.59 Å². The van der Waals surface area contributed by atoms with Gasteiger partial charge in [-0.05, 0) is 53.4 Å². The molecule has 0 aromatic heterocycles. The summed E-state index contributed by atoms with van der Waals surface area (Å²) in [5.41, 5.74) is 1.81. The van der Waals surface area contributed by atoms with Crippen LogP contribution in [0.4, 0.5) is 0 Å². The van der Waals surface area contributed by atoms with Crippen molar-refractivity contribution in [2.75, 3.05) is 20.3 Å². The summed E-state index contributed by atoms with van der Waals surface area (Å²) in [6, 6.07) is 23.3. The van der Waals surface area contributed by atoms with Crippen molar-refractivity contribution >= 4 is 23.4 Å². The summed E-state index contributed by atoms with van der Waals surface area (Å²) >= 11 is 5.96. The Hall–Kier alpha value is -3.51. The highest BCUT2D eigenvalue weighted by molar-refractivity contribution is 6.30. The van der Waals surface area contributed by atoms with Crippen LogP contribution in [0.5, 0.6) is 11.5 Å². The minimum atomic E-state index is -0.723. The molecule has 6 nitrogen and oxygen atoms in total. The van der Waals surface area contributed by atoms with Crippen LogP contribution in [0.3, 0.4) is 0 Å². The standard InChI is InChI=1S/C29H33ClN2O4/c1-21(2)18-31-29(34)27(17-22-8-5-4-6-9-22)32(19-23-10-7-11-26(16-23)35-3)28(33)20-36-25-14-12-24(30)13-15-25/h4-16,21,27H,17-20H2,1-3H3,(H,31,34)/t27-/m0/s1. The predicted octanol–water partition coefficient (Wildman–Crippen LogP) is 5.14. The zero-order chi connectivity index (χ0) is 25.9. The lowest BCUT2D eigenvalue weighted by Crippen LogP contribution is -2.52. The van der Waals surface area contributed by atoms with Gasteiger partial charge in [0.15, 0.2) is 6.61 Å². The van der Waals surface area contributed by atoms with Crippen LogP contribution in [-0.4, -0.2) is 43.0 Å². The van der Waals surface area contributed by atoms with E-state index in [1.54, 1.807) is 36.3 Å². The molecule has 7 heteroatoms. The number of nitrogens with zero attached hydrogens (tertiary/aromatic N) is 1. The van der Waals surface area contributed by atoms with Crippen LogP contribution in [0, 0.1) is 5.92 Å². The second-order valence-corrected chi connectivity index (χ2v) is 9.40. The molecule has 3 aromatic carbocycles. The van der Waals surface area contributed by atoms with Crippen LogP contribution < -0.4 is 14.8 Å². The molecule has 0 fully saturated rings. The van der Waals surface area contributed by atoms with Crippen molar-refractivity contribution in [3.05, 3.63) is 95.0 Å². The van der Waals surface area contributed by atoms with Gasteiger partial charge in [0, 0.05) is 24.5 Å². The van der Waals surface area contributed by atoms with E-state index in [0.717, 1.165) is 11.1 Å². The Morgan fingerprint density at radius 3 is 2.28 bits per heavy atom. The normalized spacial score (nSPS) is 11.6. The first-order chi connectivity index (χ1) is 17.4. The third kappa shape index (κ3) is 8.31. The molecule has 3 aromatic rings. The predicted molar refractivity (Wildman–Crippen MR) is 142 cm³/mol. The topological polar surface area (TPSA) is 67.9 Å². The Bertz CT molecular complexity index is 1120. The fourth-order valence-corrected chi connectivity index (χ4v) is 3.83. The van der Waals surface area contributed by atoms with Crippen molar-refractivity contribution in [2.24, 2.45) is 5.92 Å². The number of rotatable bonds is 12. The SMILES string of the molecule is COc1cccc(CN(C(=O)COc2ccc(Cl)cc2)[C@@H](Cc2ccccc2)C(=O)NCC(C)C)c1. The monoisotopic (exact) mass is 508 g/mol. The van der Waals surface area contributed by atoms with E-state index in [1.807, 2.05) is 68.4 Å². The van der Waals surface area contributed by atoms with Crippen LogP contribution in [0.25, 0.3) is 0 Å². The average molecular weight is 509 g/mol. The van der Waals surface area contributed by atoms with Gasteiger partial charge in [0.05, 0.1) is 7.11 Å². The molecule has 0 radical (unpaired) electrons. The number of benzene rings is 3. The van der Waals surface area contributed by atoms with Gasteiger partial charge in [-0.2, -0.15) is 0 Å². The summed E-state index contributed by atoms with van der Waals surface area (Å²) in [4.78, 5) is 28.6. The Labute approximate surface area is 218 Å². The zero-order valence-corrected chi connectivity index (χ0v) is 21.7. The highest BCUT2D eigenvalue weighted by Crippen LogP contribution is 2.20. The van der Waals surface area contributed by atoms with Crippen LogP contribution in [-0.2, 0) is 22.6 Å². The molecular weight excluding hydrogens is 476 g/mol. The maximum absolute atomic E-state index is 13.6. The van der Waals surface area contributed by atoms with E-state index >= 15 is 0 Å². The number of hydrogen-bond acceptors (Lipinski definition) is 4. The Balaban J connectivity index is 1.90. The molecule has 1 N–H and O–H groups in total. The van der Waals surface area contributed by atoms with E-state index in [4.69, 9.17) is 21.1 Å². The van der Waals surface area contributed by atoms with Crippen molar-refractivity contribution < 1.29 is 19.1 Å². The molecule has 1 atom stereocenters. The quantitative estimate of drug-likeness (QED) is 0.368. The largest absolute Gasteiger partial charge is 0.497 e. The number of amides is 2. The Morgan fingerprint density at radius 2 is 1.61 bits per heavy atom. The molecule has 0 bridgehead atoms. The summed E-state index contributed by atoms with van der Waals surface area (Å²) in [6.45, 7) is 4.60. The second kappa shape index (κ2) is 13.5. The van der Waals surface area contributed by atoms with Gasteiger partial charge in [0.25, 0.3) is 5.91 Å². The third-order valence-corrected chi connectivity index (χ3v) is 5.87. The summed E-state index contributed by atoms with van der Waals surface area (Å²) in [5, 5.41) is 3.59. The molecule has 0 saturated carbocycles. The van der Waals surface area contributed by atoms with E-state index in [2.05, 4.69) is 5.32 Å². The summed E-state index contributed by atoms with van der Waals surface area (Å²) in [5.74, 6) is 0.991. The number of methoxy groups -OCH3 is 1. The first-order valence-corrected chi connectivity index (χ1v) is 12.4. The van der Waals surface area contributed by atoms with Gasteiger partial charge >= 0.3 is 0 Å². The molecule has 36 heavy (non-hydrogen) atoms. The lowest BCUT2D eigenvalue weighted by atomic mass is 10.0. The van der Waals surface area contributed by atoms with Gasteiger partial charge in [-0.15, -0.1) is 0 Å². The van der Waals surface area contributed by atoms with E-state index in [9.17, 15) is 9.59 Å². The Morgan fingerprint density at radius 1 is 0.917 bits per heavy atom. The highest BCUT2D eigenvalue weighted by atomic mass is 35.5. The number of hydrogen-bond donors (Lipinski definition) is 1. The molecule has 0 saturated heterocycles. The maximum Gasteiger partial charge on any atom is 0.261 e. The van der Waals surface area contributed by atoms with Crippen molar-refractivity contribution in [1.29, 1.82) is 0 Å². The van der Waals surface area contributed by atoms with Crippen molar-refractivity contribution in [3.63, 3.8) is 0 Å². The zero-order valence-electron chi connectivity index (χ0n) is 20.9. The molecule has 0 unspecified atom stereocenters. The molecule has 3 rings (SSSR count). The molecule has 2 amide bonds. The van der Waals surface area contributed by atoms with Crippen molar-refractivity contribution in [2.45, 2.75) is 32.9 Å². The number of carbonyl (C=O) groups excluding carboxylic acids is 2. The van der Waals surface area contributed by atoms with Crippen LogP contribution in [0.1, 0.15) is 25.0 Å². The summed E-state index contributed by atoms with van der Waals surface area (Å²) in [6.07, 6.45) is 0.376. The number of ether oxygens (including phenoxy) is 2. The minimum Gasteiger partial charge on any atom is -0.497 e. The van der Waals surface area contributed by atoms with E-state index in [-0.39, 0.29) is 30.9 Å². The molecule has 0 aliphatic heterocycles. The minimum absolute atomic E-state index is 0.199. The smallest absolute Gasteiger partial charge is 0.261 e. The van der Waals surface area contributed by atoms with Crippen LogP contribution in [0.2, 0.25) is 5.02 Å². The highest BCUT2D eigenvalue weighted by Gasteiger charge is 2.30. The molecule has 0 aliphatic rings. The number of nitrogens with one attached hydrogen (secondary N) is 1. The number of halogens is 1. The fraction of sp³-hybridized carbons (Fsp3) is 0.310. The number of carbonyl (C=O) groups is 2. The van der Waals surface area contributed by atoms with Crippen LogP contribution >= 0.6 is 11.6 Å². The molecular formula is C29H33ClN2O4. The Kier molecular flexibility index (Phi) is 10.2. The first kappa shape index (κ1) is 27.1. The average Bonchev–Trinajstić information content (AvgIpc) is 2.89. The third-order valence-electron chi connectivity index (χ3n) is 5.62. The summed E-state index contributed by atoms with van der Waals surface area (Å²) < 4.78 is 11.1. The van der Waals surface area contributed by atoms with E-state index < -0.39 is 6.04 Å². The molecule has 0 aliphatic carbocycles. The van der Waals surface area contributed by atoms with Crippen molar-refractivity contribution in [3.8, 4) is 11.5 Å². The first-order valence-electron chi connectivity index (χ1n) is 12.0. The molecule has 0 heterocycles. The van der Waals surface area contributed by atoms with Gasteiger partial charge in [-0.1, -0.05) is 67.9 Å². The lowest BCUT2D eigenvalue weighted by molar-refractivity contribution is -0.142. The lowest BCUT2D eigenvalue weighted by Gasteiger charge is -2.31. The van der Waals surface area contributed by atoms with Crippen LogP contribution in [0.15, 0.2) is 78.9 Å². The van der Waals surface area contributed by atoms with Gasteiger partial charge in [0.2, 0.25) is 5.91 Å². The van der Waals surface area contributed by atoms with E-state index in [0.29, 0.717) is 29.5 Å². The molecule has 190 valence electrons.